The Labute approximate surface area is 118 Å². The standard InChI is InChI=1S/C12H13BrFN3S/c1-3-11-15-12(18-16-11)17(2)7-8-4-5-9(14)6-10(8)13/h4-6H,3,7H2,1-2H3. The van der Waals surface area contributed by atoms with Crippen molar-refractivity contribution in [3.05, 3.63) is 39.9 Å². The lowest BCUT2D eigenvalue weighted by atomic mass is 10.2. The lowest BCUT2D eigenvalue weighted by Gasteiger charge is -2.16. The zero-order chi connectivity index (χ0) is 13.1. The van der Waals surface area contributed by atoms with Crippen molar-refractivity contribution < 1.29 is 4.39 Å². The Morgan fingerprint density at radius 2 is 2.22 bits per heavy atom. The lowest BCUT2D eigenvalue weighted by Crippen LogP contribution is -2.16. The van der Waals surface area contributed by atoms with Crippen LogP contribution in [0.25, 0.3) is 0 Å². The van der Waals surface area contributed by atoms with Gasteiger partial charge in [0.25, 0.3) is 0 Å². The zero-order valence-electron chi connectivity index (χ0n) is 10.2. The summed E-state index contributed by atoms with van der Waals surface area (Å²) in [6, 6.07) is 4.71. The summed E-state index contributed by atoms with van der Waals surface area (Å²) in [6.07, 6.45) is 0.838. The van der Waals surface area contributed by atoms with Crippen LogP contribution in [0, 0.1) is 5.82 Å². The topological polar surface area (TPSA) is 29.0 Å². The number of rotatable bonds is 4. The van der Waals surface area contributed by atoms with E-state index in [9.17, 15) is 4.39 Å². The average Bonchev–Trinajstić information content (AvgIpc) is 2.81. The molecule has 0 saturated carbocycles. The molecule has 0 aliphatic heterocycles. The number of hydrogen-bond donors (Lipinski definition) is 0. The van der Waals surface area contributed by atoms with Gasteiger partial charge >= 0.3 is 0 Å². The van der Waals surface area contributed by atoms with Crippen molar-refractivity contribution in [2.75, 3.05) is 11.9 Å². The Hall–Kier alpha value is -1.01. The third-order valence-corrected chi connectivity index (χ3v) is 4.13. The minimum Gasteiger partial charge on any atom is -0.346 e. The fraction of sp³-hybridized carbons (Fsp3) is 0.333. The maximum atomic E-state index is 13.0. The molecule has 0 amide bonds. The number of hydrogen-bond acceptors (Lipinski definition) is 4. The molecule has 0 spiro atoms. The van der Waals surface area contributed by atoms with Gasteiger partial charge in [-0.25, -0.2) is 9.37 Å². The fourth-order valence-electron chi connectivity index (χ4n) is 1.52. The van der Waals surface area contributed by atoms with Crippen LogP contribution < -0.4 is 4.90 Å². The number of aryl methyl sites for hydroxylation is 1. The van der Waals surface area contributed by atoms with Crippen LogP contribution in [0.15, 0.2) is 22.7 Å². The van der Waals surface area contributed by atoms with E-state index in [4.69, 9.17) is 0 Å². The monoisotopic (exact) mass is 329 g/mol. The van der Waals surface area contributed by atoms with Crippen LogP contribution in [-0.4, -0.2) is 16.4 Å². The van der Waals surface area contributed by atoms with Gasteiger partial charge in [-0.3, -0.25) is 0 Å². The first-order valence-electron chi connectivity index (χ1n) is 5.57. The van der Waals surface area contributed by atoms with E-state index in [1.165, 1.54) is 23.7 Å². The van der Waals surface area contributed by atoms with Crippen molar-refractivity contribution in [1.29, 1.82) is 0 Å². The smallest absolute Gasteiger partial charge is 0.205 e. The van der Waals surface area contributed by atoms with Crippen molar-refractivity contribution in [3.8, 4) is 0 Å². The molecule has 1 heterocycles. The van der Waals surface area contributed by atoms with E-state index >= 15 is 0 Å². The molecule has 0 bridgehead atoms. The highest BCUT2D eigenvalue weighted by Crippen LogP contribution is 2.23. The fourth-order valence-corrected chi connectivity index (χ4v) is 2.70. The quantitative estimate of drug-likeness (QED) is 0.857. The molecular formula is C12H13BrFN3S. The van der Waals surface area contributed by atoms with Gasteiger partial charge in [0.15, 0.2) is 0 Å². The molecule has 2 rings (SSSR count). The summed E-state index contributed by atoms with van der Waals surface area (Å²) >= 11 is 4.75. The molecule has 0 unspecified atom stereocenters. The summed E-state index contributed by atoms with van der Waals surface area (Å²) in [5.41, 5.74) is 1.02. The third kappa shape index (κ3) is 3.05. The van der Waals surface area contributed by atoms with E-state index in [0.29, 0.717) is 6.54 Å². The van der Waals surface area contributed by atoms with Crippen LogP contribution in [-0.2, 0) is 13.0 Å². The van der Waals surface area contributed by atoms with Crippen LogP contribution in [0.2, 0.25) is 0 Å². The van der Waals surface area contributed by atoms with Gasteiger partial charge in [0, 0.05) is 36.0 Å². The van der Waals surface area contributed by atoms with Crippen LogP contribution in [0.3, 0.4) is 0 Å². The first kappa shape index (κ1) is 13.4. The SMILES string of the molecule is CCc1nsc(N(C)Cc2ccc(F)cc2Br)n1. The third-order valence-electron chi connectivity index (χ3n) is 2.52. The minimum atomic E-state index is -0.238. The Kier molecular flexibility index (Phi) is 4.29. The molecule has 96 valence electrons. The van der Waals surface area contributed by atoms with Crippen molar-refractivity contribution in [2.24, 2.45) is 0 Å². The first-order chi connectivity index (χ1) is 8.60. The number of halogens is 2. The predicted octanol–water partition coefficient (Wildman–Crippen LogP) is 3.64. The highest BCUT2D eigenvalue weighted by atomic mass is 79.9. The minimum absolute atomic E-state index is 0.238. The summed E-state index contributed by atoms with van der Waals surface area (Å²) in [6.45, 7) is 2.70. The first-order valence-corrected chi connectivity index (χ1v) is 7.14. The Bertz CT molecular complexity index is 544. The molecule has 0 radical (unpaired) electrons. The van der Waals surface area contributed by atoms with Crippen LogP contribution in [0.1, 0.15) is 18.3 Å². The summed E-state index contributed by atoms with van der Waals surface area (Å²) in [5, 5.41) is 0.878. The maximum Gasteiger partial charge on any atom is 0.205 e. The van der Waals surface area contributed by atoms with E-state index in [2.05, 4.69) is 25.3 Å². The molecule has 3 nitrogen and oxygen atoms in total. The number of benzene rings is 1. The Morgan fingerprint density at radius 3 is 2.83 bits per heavy atom. The molecule has 0 aliphatic rings. The second-order valence-electron chi connectivity index (χ2n) is 3.94. The van der Waals surface area contributed by atoms with Gasteiger partial charge in [0.05, 0.1) is 0 Å². The summed E-state index contributed by atoms with van der Waals surface area (Å²) in [7, 11) is 1.95. The van der Waals surface area contributed by atoms with Crippen LogP contribution in [0.5, 0.6) is 0 Å². The zero-order valence-corrected chi connectivity index (χ0v) is 12.6. The summed E-state index contributed by atoms with van der Waals surface area (Å²) in [4.78, 5) is 6.42. The lowest BCUT2D eigenvalue weighted by molar-refractivity contribution is 0.625. The number of nitrogens with zero attached hydrogens (tertiary/aromatic N) is 3. The van der Waals surface area contributed by atoms with E-state index in [-0.39, 0.29) is 5.82 Å². The van der Waals surface area contributed by atoms with Gasteiger partial charge in [-0.1, -0.05) is 28.9 Å². The van der Waals surface area contributed by atoms with E-state index in [0.717, 1.165) is 27.4 Å². The average molecular weight is 330 g/mol. The normalized spacial score (nSPS) is 10.7. The van der Waals surface area contributed by atoms with Gasteiger partial charge in [-0.05, 0) is 17.7 Å². The van der Waals surface area contributed by atoms with Gasteiger partial charge in [-0.15, -0.1) is 0 Å². The van der Waals surface area contributed by atoms with Crippen LogP contribution >= 0.6 is 27.5 Å². The summed E-state index contributed by atoms with van der Waals surface area (Å²) < 4.78 is 18.0. The van der Waals surface area contributed by atoms with E-state index in [1.807, 2.05) is 18.9 Å². The highest BCUT2D eigenvalue weighted by molar-refractivity contribution is 9.10. The van der Waals surface area contributed by atoms with Crippen molar-refractivity contribution in [2.45, 2.75) is 19.9 Å². The summed E-state index contributed by atoms with van der Waals surface area (Å²) in [5.74, 6) is 0.623. The molecular weight excluding hydrogens is 317 g/mol. The molecule has 0 aliphatic carbocycles. The number of anilines is 1. The second-order valence-corrected chi connectivity index (χ2v) is 5.52. The molecule has 0 saturated heterocycles. The van der Waals surface area contributed by atoms with E-state index < -0.39 is 0 Å². The molecule has 0 fully saturated rings. The molecule has 1 aromatic carbocycles. The van der Waals surface area contributed by atoms with Crippen molar-refractivity contribution in [3.63, 3.8) is 0 Å². The molecule has 0 N–H and O–H groups in total. The molecule has 0 atom stereocenters. The largest absolute Gasteiger partial charge is 0.346 e. The number of aromatic nitrogens is 2. The Morgan fingerprint density at radius 1 is 1.44 bits per heavy atom. The van der Waals surface area contributed by atoms with Gasteiger partial charge in [0.2, 0.25) is 5.13 Å². The van der Waals surface area contributed by atoms with Crippen molar-refractivity contribution in [1.82, 2.24) is 9.36 Å². The Balaban J connectivity index is 2.13. The molecule has 1 aromatic heterocycles. The predicted molar refractivity (Wildman–Crippen MR) is 75.5 cm³/mol. The van der Waals surface area contributed by atoms with Gasteiger partial charge < -0.3 is 4.90 Å². The van der Waals surface area contributed by atoms with Crippen LogP contribution in [0.4, 0.5) is 9.52 Å². The van der Waals surface area contributed by atoms with Gasteiger partial charge in [0.1, 0.15) is 11.6 Å². The van der Waals surface area contributed by atoms with Crippen molar-refractivity contribution >= 4 is 32.6 Å². The maximum absolute atomic E-state index is 13.0. The second kappa shape index (κ2) is 5.75. The molecule has 2 aromatic rings. The highest BCUT2D eigenvalue weighted by Gasteiger charge is 2.10. The van der Waals surface area contributed by atoms with Gasteiger partial charge in [-0.2, -0.15) is 4.37 Å². The molecule has 6 heteroatoms. The molecule has 18 heavy (non-hydrogen) atoms. The van der Waals surface area contributed by atoms with E-state index in [1.54, 1.807) is 6.07 Å².